The first kappa shape index (κ1) is 19.1. The molecule has 1 aliphatic heterocycles. The third kappa shape index (κ3) is 3.70. The number of nitrogens with one attached hydrogen (secondary N) is 1. The van der Waals surface area contributed by atoms with Gasteiger partial charge in [0.2, 0.25) is 0 Å². The highest BCUT2D eigenvalue weighted by Gasteiger charge is 2.25. The molecule has 3 heterocycles. The number of anilines is 1. The number of aromatic nitrogens is 3. The van der Waals surface area contributed by atoms with Crippen molar-refractivity contribution >= 4 is 22.6 Å². The third-order valence-electron chi connectivity index (χ3n) is 5.63. The molecule has 31 heavy (non-hydrogen) atoms. The monoisotopic (exact) mass is 413 g/mol. The van der Waals surface area contributed by atoms with Gasteiger partial charge in [-0.3, -0.25) is 4.79 Å². The molecular weight excluding hydrogens is 390 g/mol. The summed E-state index contributed by atoms with van der Waals surface area (Å²) in [6.45, 7) is 2.80. The molecule has 0 radical (unpaired) electrons. The molecule has 7 heteroatoms. The highest BCUT2D eigenvalue weighted by molar-refractivity contribution is 5.97. The summed E-state index contributed by atoms with van der Waals surface area (Å²) in [5.74, 6) is 1.48. The number of methoxy groups -OCH3 is 1. The number of carbonyl (C=O) groups is 1. The Morgan fingerprint density at radius 2 is 1.74 bits per heavy atom. The van der Waals surface area contributed by atoms with Crippen LogP contribution in [0.4, 0.5) is 5.69 Å². The van der Waals surface area contributed by atoms with E-state index in [0.29, 0.717) is 30.3 Å². The Morgan fingerprint density at radius 1 is 1.00 bits per heavy atom. The fraction of sp³-hybridized carbons (Fsp3) is 0.208. The molecule has 156 valence electrons. The van der Waals surface area contributed by atoms with Crippen molar-refractivity contribution < 1.29 is 9.53 Å². The van der Waals surface area contributed by atoms with Crippen LogP contribution in [0.3, 0.4) is 0 Å². The third-order valence-corrected chi connectivity index (χ3v) is 5.63. The molecule has 2 aromatic heterocycles. The summed E-state index contributed by atoms with van der Waals surface area (Å²) in [5, 5.41) is 0.829. The van der Waals surface area contributed by atoms with Crippen molar-refractivity contribution in [2.24, 2.45) is 0 Å². The molecule has 4 aromatic rings. The summed E-state index contributed by atoms with van der Waals surface area (Å²) in [5.41, 5.74) is 3.22. The lowest BCUT2D eigenvalue weighted by molar-refractivity contribution is 0.0741. The molecule has 1 N–H and O–H groups in total. The van der Waals surface area contributed by atoms with Crippen LogP contribution < -0.4 is 9.64 Å². The Hall–Kier alpha value is -3.87. The normalized spacial score (nSPS) is 14.1. The largest absolute Gasteiger partial charge is 0.495 e. The second-order valence-corrected chi connectivity index (χ2v) is 7.50. The van der Waals surface area contributed by atoms with Gasteiger partial charge in [-0.2, -0.15) is 0 Å². The number of hydrogen-bond donors (Lipinski definition) is 1. The minimum absolute atomic E-state index is 0.0149. The van der Waals surface area contributed by atoms with Crippen LogP contribution in [0.25, 0.3) is 22.4 Å². The number of aromatic amines is 1. The zero-order valence-corrected chi connectivity index (χ0v) is 17.3. The second-order valence-electron chi connectivity index (χ2n) is 7.50. The molecule has 7 nitrogen and oxygen atoms in total. The lowest BCUT2D eigenvalue weighted by Crippen LogP contribution is -2.49. The molecular formula is C24H23N5O2. The van der Waals surface area contributed by atoms with Gasteiger partial charge in [0, 0.05) is 43.3 Å². The number of carbonyl (C=O) groups excluding carboxylic acids is 1. The van der Waals surface area contributed by atoms with Gasteiger partial charge < -0.3 is 19.5 Å². The SMILES string of the molecule is COc1ccccc1N1CCN(C(=O)c2cc3cnc(-c4ccccc4)nc3[nH]2)CC1. The van der Waals surface area contributed by atoms with E-state index in [1.54, 1.807) is 13.3 Å². The highest BCUT2D eigenvalue weighted by atomic mass is 16.5. The van der Waals surface area contributed by atoms with E-state index in [1.807, 2.05) is 59.5 Å². The zero-order valence-electron chi connectivity index (χ0n) is 17.3. The van der Waals surface area contributed by atoms with Gasteiger partial charge in [0.05, 0.1) is 12.8 Å². The second kappa shape index (κ2) is 8.10. The van der Waals surface area contributed by atoms with E-state index in [1.165, 1.54) is 0 Å². The van der Waals surface area contributed by atoms with E-state index in [-0.39, 0.29) is 5.91 Å². The van der Waals surface area contributed by atoms with Gasteiger partial charge in [0.1, 0.15) is 17.1 Å². The number of fused-ring (bicyclic) bond motifs is 1. The summed E-state index contributed by atoms with van der Waals surface area (Å²) >= 11 is 0. The quantitative estimate of drug-likeness (QED) is 0.553. The molecule has 1 fully saturated rings. The zero-order chi connectivity index (χ0) is 21.2. The first-order valence-electron chi connectivity index (χ1n) is 10.3. The number of piperazine rings is 1. The Bertz CT molecular complexity index is 1210. The van der Waals surface area contributed by atoms with Crippen LogP contribution in [0.15, 0.2) is 66.9 Å². The van der Waals surface area contributed by atoms with Gasteiger partial charge >= 0.3 is 0 Å². The predicted octanol–water partition coefficient (Wildman–Crippen LogP) is 3.60. The first-order valence-corrected chi connectivity index (χ1v) is 10.3. The Balaban J connectivity index is 1.31. The van der Waals surface area contributed by atoms with Crippen molar-refractivity contribution in [2.45, 2.75) is 0 Å². The number of amides is 1. The van der Waals surface area contributed by atoms with Crippen molar-refractivity contribution in [1.82, 2.24) is 19.9 Å². The maximum absolute atomic E-state index is 13.1. The molecule has 1 amide bonds. The fourth-order valence-corrected chi connectivity index (χ4v) is 3.97. The maximum Gasteiger partial charge on any atom is 0.270 e. The van der Waals surface area contributed by atoms with Gasteiger partial charge in [0.15, 0.2) is 5.82 Å². The van der Waals surface area contributed by atoms with Crippen LogP contribution in [0.2, 0.25) is 0 Å². The van der Waals surface area contributed by atoms with Crippen molar-refractivity contribution in [1.29, 1.82) is 0 Å². The number of benzene rings is 2. The van der Waals surface area contributed by atoms with Crippen molar-refractivity contribution in [3.63, 3.8) is 0 Å². The first-order chi connectivity index (χ1) is 15.2. The number of rotatable bonds is 4. The smallest absolute Gasteiger partial charge is 0.270 e. The molecule has 2 aromatic carbocycles. The number of nitrogens with zero attached hydrogens (tertiary/aromatic N) is 4. The van der Waals surface area contributed by atoms with E-state index in [9.17, 15) is 4.79 Å². The molecule has 5 rings (SSSR count). The summed E-state index contributed by atoms with van der Waals surface area (Å²) in [6, 6.07) is 19.6. The molecule has 1 saturated heterocycles. The molecule has 0 bridgehead atoms. The highest BCUT2D eigenvalue weighted by Crippen LogP contribution is 2.28. The maximum atomic E-state index is 13.1. The molecule has 0 unspecified atom stereocenters. The van der Waals surface area contributed by atoms with Gasteiger partial charge in [0.25, 0.3) is 5.91 Å². The molecule has 0 saturated carbocycles. The average Bonchev–Trinajstić information content (AvgIpc) is 3.28. The summed E-state index contributed by atoms with van der Waals surface area (Å²) < 4.78 is 5.48. The van der Waals surface area contributed by atoms with Crippen LogP contribution in [0, 0.1) is 0 Å². The van der Waals surface area contributed by atoms with Crippen LogP contribution in [-0.2, 0) is 0 Å². The topological polar surface area (TPSA) is 74.3 Å². The lowest BCUT2D eigenvalue weighted by atomic mass is 10.2. The molecule has 0 spiro atoms. The summed E-state index contributed by atoms with van der Waals surface area (Å²) in [6.07, 6.45) is 1.76. The number of H-pyrrole nitrogens is 1. The van der Waals surface area contributed by atoms with Gasteiger partial charge in [-0.05, 0) is 18.2 Å². The molecule has 1 aliphatic rings. The van der Waals surface area contributed by atoms with Crippen molar-refractivity contribution in [3.05, 3.63) is 72.6 Å². The summed E-state index contributed by atoms with van der Waals surface area (Å²) in [4.78, 5) is 29.5. The van der Waals surface area contributed by atoms with Crippen molar-refractivity contribution in [2.75, 3.05) is 38.2 Å². The van der Waals surface area contributed by atoms with E-state index in [4.69, 9.17) is 4.74 Å². The fourth-order valence-electron chi connectivity index (χ4n) is 3.97. The van der Waals surface area contributed by atoms with Crippen LogP contribution in [0.1, 0.15) is 10.5 Å². The number of ether oxygens (including phenoxy) is 1. The standard InChI is InChI=1S/C24H23N5O2/c1-31-21-10-6-5-9-20(21)28-11-13-29(14-12-28)24(30)19-15-18-16-25-22(27-23(18)26-19)17-7-3-2-4-8-17/h2-10,15-16H,11-14H2,1H3,(H,25,26,27). The van der Waals surface area contributed by atoms with E-state index in [2.05, 4.69) is 25.9 Å². The number of hydrogen-bond acceptors (Lipinski definition) is 5. The van der Waals surface area contributed by atoms with E-state index >= 15 is 0 Å². The Morgan fingerprint density at radius 3 is 2.52 bits per heavy atom. The van der Waals surface area contributed by atoms with E-state index in [0.717, 1.165) is 35.5 Å². The molecule has 0 aliphatic carbocycles. The average molecular weight is 413 g/mol. The molecule has 0 atom stereocenters. The van der Waals surface area contributed by atoms with Gasteiger partial charge in [-0.1, -0.05) is 42.5 Å². The minimum atomic E-state index is -0.0149. The summed E-state index contributed by atoms with van der Waals surface area (Å²) in [7, 11) is 1.68. The van der Waals surface area contributed by atoms with Gasteiger partial charge in [-0.15, -0.1) is 0 Å². The van der Waals surface area contributed by atoms with Gasteiger partial charge in [-0.25, -0.2) is 9.97 Å². The van der Waals surface area contributed by atoms with Crippen LogP contribution in [-0.4, -0.2) is 59.0 Å². The number of para-hydroxylation sites is 2. The predicted molar refractivity (Wildman–Crippen MR) is 120 cm³/mol. The lowest BCUT2D eigenvalue weighted by Gasteiger charge is -2.36. The van der Waals surface area contributed by atoms with Crippen LogP contribution >= 0.6 is 0 Å². The van der Waals surface area contributed by atoms with Crippen molar-refractivity contribution in [3.8, 4) is 17.1 Å². The van der Waals surface area contributed by atoms with Crippen LogP contribution in [0.5, 0.6) is 5.75 Å². The van der Waals surface area contributed by atoms with E-state index < -0.39 is 0 Å². The Labute approximate surface area is 180 Å². The Kier molecular flexibility index (Phi) is 5.00. The minimum Gasteiger partial charge on any atom is -0.495 e.